The third-order valence-corrected chi connectivity index (χ3v) is 2.13. The number of halogens is 1. The molecule has 2 rings (SSSR count). The largest absolute Gasteiger partial charge is 0.207 e. The molecule has 2 heteroatoms. The zero-order valence-electron chi connectivity index (χ0n) is 9.65. The topological polar surface area (TPSA) is 23.8 Å². The third kappa shape index (κ3) is 4.94. The zero-order valence-corrected chi connectivity index (χ0v) is 9.65. The first-order valence-corrected chi connectivity index (χ1v) is 5.27. The van der Waals surface area contributed by atoms with Crippen molar-refractivity contribution in [1.82, 2.24) is 0 Å². The summed E-state index contributed by atoms with van der Waals surface area (Å²) in [5.41, 5.74) is 1.35. The first-order valence-electron chi connectivity index (χ1n) is 5.27. The van der Waals surface area contributed by atoms with Crippen molar-refractivity contribution in [1.29, 1.82) is 5.26 Å². The van der Waals surface area contributed by atoms with Gasteiger partial charge in [0.15, 0.2) is 0 Å². The van der Waals surface area contributed by atoms with E-state index < -0.39 is 0 Å². The fourth-order valence-electron chi connectivity index (χ4n) is 1.18. The number of benzene rings is 2. The van der Waals surface area contributed by atoms with E-state index in [9.17, 15) is 4.39 Å². The number of hydrogen-bond donors (Lipinski definition) is 0. The standard InChI is InChI=1S/C9H8FN.C6H5/c1-7-2-3-8(4-5-11)6-9(7)10;1-2-4-6-5-3-1/h2-3,6H,4H2,1H3;1-5H. The van der Waals surface area contributed by atoms with E-state index in [1.807, 2.05) is 36.4 Å². The van der Waals surface area contributed by atoms with Crippen LogP contribution in [0.4, 0.5) is 4.39 Å². The molecule has 0 N–H and O–H groups in total. The number of aryl methyl sites for hydroxylation is 1. The molecular formula is C15H13FN. The highest BCUT2D eigenvalue weighted by atomic mass is 19.1. The van der Waals surface area contributed by atoms with Gasteiger partial charge in [0.1, 0.15) is 5.82 Å². The second-order valence-corrected chi connectivity index (χ2v) is 3.50. The molecule has 85 valence electrons. The molecule has 0 aliphatic rings. The normalized spacial score (nSPS) is 8.76. The van der Waals surface area contributed by atoms with Crippen molar-refractivity contribution in [2.45, 2.75) is 13.3 Å². The molecule has 0 aliphatic carbocycles. The van der Waals surface area contributed by atoms with Crippen LogP contribution >= 0.6 is 0 Å². The van der Waals surface area contributed by atoms with Crippen molar-refractivity contribution in [3.63, 3.8) is 0 Å². The summed E-state index contributed by atoms with van der Waals surface area (Å²) in [6.07, 6.45) is 0.275. The monoisotopic (exact) mass is 226 g/mol. The molecule has 0 aliphatic heterocycles. The van der Waals surface area contributed by atoms with Crippen molar-refractivity contribution in [3.05, 3.63) is 71.5 Å². The molecule has 0 bridgehead atoms. The Morgan fingerprint density at radius 1 is 1.24 bits per heavy atom. The van der Waals surface area contributed by atoms with Gasteiger partial charge in [-0.25, -0.2) is 4.39 Å². The van der Waals surface area contributed by atoms with E-state index >= 15 is 0 Å². The van der Waals surface area contributed by atoms with Gasteiger partial charge in [0.25, 0.3) is 0 Å². The van der Waals surface area contributed by atoms with Crippen molar-refractivity contribution < 1.29 is 4.39 Å². The van der Waals surface area contributed by atoms with Crippen LogP contribution in [0.15, 0.2) is 48.5 Å². The quantitative estimate of drug-likeness (QED) is 0.727. The van der Waals surface area contributed by atoms with Crippen LogP contribution in [0.25, 0.3) is 0 Å². The predicted octanol–water partition coefficient (Wildman–Crippen LogP) is 3.69. The van der Waals surface area contributed by atoms with Gasteiger partial charge >= 0.3 is 0 Å². The maximum Gasteiger partial charge on any atom is 0.126 e. The summed E-state index contributed by atoms with van der Waals surface area (Å²) >= 11 is 0. The summed E-state index contributed by atoms with van der Waals surface area (Å²) in [5, 5.41) is 8.31. The van der Waals surface area contributed by atoms with E-state index in [-0.39, 0.29) is 12.2 Å². The Bertz CT molecular complexity index is 459. The van der Waals surface area contributed by atoms with Gasteiger partial charge < -0.3 is 0 Å². The first-order chi connectivity index (χ1) is 8.24. The zero-order chi connectivity index (χ0) is 12.5. The summed E-state index contributed by atoms with van der Waals surface area (Å²) in [6.45, 7) is 1.70. The Kier molecular flexibility index (Phi) is 5.46. The maximum atomic E-state index is 12.8. The number of nitrogens with zero attached hydrogens (tertiary/aromatic N) is 1. The molecule has 0 amide bonds. The highest BCUT2D eigenvalue weighted by Crippen LogP contribution is 2.08. The van der Waals surface area contributed by atoms with Gasteiger partial charge in [0, 0.05) is 0 Å². The van der Waals surface area contributed by atoms with Crippen molar-refractivity contribution in [2.75, 3.05) is 0 Å². The molecule has 0 aromatic heterocycles. The SMILES string of the molecule is Cc1ccc(CC#N)cc1F.[c]1ccccc1. The Labute approximate surface area is 101 Å². The predicted molar refractivity (Wildman–Crippen MR) is 65.7 cm³/mol. The van der Waals surface area contributed by atoms with Gasteiger partial charge in [-0.1, -0.05) is 42.5 Å². The number of nitriles is 1. The molecular weight excluding hydrogens is 213 g/mol. The lowest BCUT2D eigenvalue weighted by Crippen LogP contribution is -1.86. The molecule has 0 atom stereocenters. The van der Waals surface area contributed by atoms with Gasteiger partial charge in [-0.05, 0) is 30.2 Å². The fraction of sp³-hybridized carbons (Fsp3) is 0.133. The van der Waals surface area contributed by atoms with Gasteiger partial charge in [0.2, 0.25) is 0 Å². The van der Waals surface area contributed by atoms with Gasteiger partial charge in [-0.2, -0.15) is 5.26 Å². The molecule has 0 spiro atoms. The Morgan fingerprint density at radius 2 is 1.94 bits per heavy atom. The van der Waals surface area contributed by atoms with Crippen LogP contribution in [0.3, 0.4) is 0 Å². The summed E-state index contributed by atoms with van der Waals surface area (Å²) < 4.78 is 12.8. The number of hydrogen-bond acceptors (Lipinski definition) is 1. The number of rotatable bonds is 1. The van der Waals surface area contributed by atoms with Crippen LogP contribution in [-0.2, 0) is 6.42 Å². The van der Waals surface area contributed by atoms with E-state index in [0.717, 1.165) is 5.56 Å². The summed E-state index contributed by atoms with van der Waals surface area (Å²) in [7, 11) is 0. The fourth-order valence-corrected chi connectivity index (χ4v) is 1.18. The molecule has 0 unspecified atom stereocenters. The van der Waals surface area contributed by atoms with Crippen LogP contribution in [-0.4, -0.2) is 0 Å². The molecule has 0 fully saturated rings. The minimum atomic E-state index is -0.238. The summed E-state index contributed by atoms with van der Waals surface area (Å²) in [6, 6.07) is 19.3. The van der Waals surface area contributed by atoms with Crippen LogP contribution in [0.5, 0.6) is 0 Å². The minimum absolute atomic E-state index is 0.238. The summed E-state index contributed by atoms with van der Waals surface area (Å²) in [5.74, 6) is -0.238. The van der Waals surface area contributed by atoms with E-state index in [2.05, 4.69) is 6.07 Å². The van der Waals surface area contributed by atoms with Crippen LogP contribution in [0.1, 0.15) is 11.1 Å². The minimum Gasteiger partial charge on any atom is -0.207 e. The lowest BCUT2D eigenvalue weighted by Gasteiger charge is -1.97. The van der Waals surface area contributed by atoms with Gasteiger partial charge in [-0.3, -0.25) is 0 Å². The molecule has 1 nitrogen and oxygen atoms in total. The van der Waals surface area contributed by atoms with E-state index in [4.69, 9.17) is 5.26 Å². The van der Waals surface area contributed by atoms with Gasteiger partial charge in [-0.15, -0.1) is 0 Å². The molecule has 2 aromatic rings. The lowest BCUT2D eigenvalue weighted by molar-refractivity contribution is 0.617. The average Bonchev–Trinajstić information content (AvgIpc) is 2.37. The van der Waals surface area contributed by atoms with E-state index in [1.165, 1.54) is 6.07 Å². The Morgan fingerprint density at radius 3 is 2.35 bits per heavy atom. The van der Waals surface area contributed by atoms with Crippen molar-refractivity contribution >= 4 is 0 Å². The van der Waals surface area contributed by atoms with Gasteiger partial charge in [0.05, 0.1) is 12.5 Å². The highest BCUT2D eigenvalue weighted by Gasteiger charge is 1.97. The van der Waals surface area contributed by atoms with Crippen LogP contribution < -0.4 is 0 Å². The average molecular weight is 226 g/mol. The second-order valence-electron chi connectivity index (χ2n) is 3.50. The molecule has 0 saturated carbocycles. The van der Waals surface area contributed by atoms with Crippen LogP contribution in [0.2, 0.25) is 0 Å². The third-order valence-electron chi connectivity index (χ3n) is 2.13. The van der Waals surface area contributed by atoms with Crippen LogP contribution in [0, 0.1) is 30.1 Å². The molecule has 0 heterocycles. The Hall–Kier alpha value is -2.14. The Balaban J connectivity index is 0.000000202. The molecule has 0 saturated heterocycles. The molecule has 2 aromatic carbocycles. The maximum absolute atomic E-state index is 12.8. The van der Waals surface area contributed by atoms with Crippen molar-refractivity contribution in [2.24, 2.45) is 0 Å². The van der Waals surface area contributed by atoms with E-state index in [1.54, 1.807) is 19.1 Å². The van der Waals surface area contributed by atoms with E-state index in [0.29, 0.717) is 5.56 Å². The lowest BCUT2D eigenvalue weighted by atomic mass is 10.1. The second kappa shape index (κ2) is 7.19. The first kappa shape index (κ1) is 12.9. The summed E-state index contributed by atoms with van der Waals surface area (Å²) in [4.78, 5) is 0. The molecule has 1 radical (unpaired) electrons. The molecule has 17 heavy (non-hydrogen) atoms. The highest BCUT2D eigenvalue weighted by molar-refractivity contribution is 5.25. The van der Waals surface area contributed by atoms with Crippen molar-refractivity contribution in [3.8, 4) is 6.07 Å². The smallest absolute Gasteiger partial charge is 0.126 e.